The highest BCUT2D eigenvalue weighted by molar-refractivity contribution is 6.28. The van der Waals surface area contributed by atoms with Crippen LogP contribution in [0.5, 0.6) is 17.2 Å². The highest BCUT2D eigenvalue weighted by atomic mass is 28.2. The first-order valence-corrected chi connectivity index (χ1v) is 20.2. The average Bonchev–Trinajstić information content (AvgIpc) is 3.81. The molecule has 1 aliphatic carbocycles. The number of aromatic nitrogens is 2. The maximum Gasteiger partial charge on any atom is 0.241 e. The molecule has 2 heterocycles. The first-order valence-electron chi connectivity index (χ1n) is 18.6. The molecule has 2 aromatic carbocycles. The van der Waals surface area contributed by atoms with Gasteiger partial charge in [-0.2, -0.15) is 0 Å². The number of unbranched alkanes of at least 4 members (excludes halogenated alkanes) is 7. The van der Waals surface area contributed by atoms with Crippen LogP contribution in [0.25, 0.3) is 22.5 Å². The molecule has 1 aromatic heterocycles. The van der Waals surface area contributed by atoms with Gasteiger partial charge < -0.3 is 13.9 Å². The number of ether oxygens (including phenoxy) is 2. The summed E-state index contributed by atoms with van der Waals surface area (Å²) in [6.07, 6.45) is 24.9. The van der Waals surface area contributed by atoms with E-state index in [0.717, 1.165) is 64.5 Å². The molecular formula is C40H58N2O3Si. The SMILES string of the molecule is CCCCC(C)CC(C)CC[SiH2]Oc1ccccc1-c1cnc(-c2ccc3c(c2)OC(CCCCCCCCCC2CC2)O3)nc1. The zero-order chi connectivity index (χ0) is 32.0. The number of fused-ring (bicyclic) bond motifs is 1. The molecule has 3 unspecified atom stereocenters. The molecule has 3 atom stereocenters. The lowest BCUT2D eigenvalue weighted by Gasteiger charge is -2.17. The molecular weight excluding hydrogens is 585 g/mol. The zero-order valence-corrected chi connectivity index (χ0v) is 30.3. The minimum atomic E-state index is -0.645. The van der Waals surface area contributed by atoms with Gasteiger partial charge >= 0.3 is 0 Å². The molecule has 3 aromatic rings. The molecule has 1 aliphatic heterocycles. The van der Waals surface area contributed by atoms with E-state index < -0.39 is 9.76 Å². The summed E-state index contributed by atoms with van der Waals surface area (Å²) in [5, 5.41) is 0. The van der Waals surface area contributed by atoms with Crippen molar-refractivity contribution in [1.29, 1.82) is 0 Å². The van der Waals surface area contributed by atoms with Gasteiger partial charge in [0, 0.05) is 35.5 Å². The fourth-order valence-electron chi connectivity index (χ4n) is 6.83. The second-order valence-corrected chi connectivity index (χ2v) is 15.6. The smallest absolute Gasteiger partial charge is 0.241 e. The first kappa shape index (κ1) is 34.5. The summed E-state index contributed by atoms with van der Waals surface area (Å²) in [4.78, 5) is 9.47. The average molecular weight is 643 g/mol. The largest absolute Gasteiger partial charge is 0.549 e. The van der Waals surface area contributed by atoms with Crippen molar-refractivity contribution in [1.82, 2.24) is 9.97 Å². The third-order valence-corrected chi connectivity index (χ3v) is 11.0. The third-order valence-electron chi connectivity index (χ3n) is 9.77. The summed E-state index contributed by atoms with van der Waals surface area (Å²) in [5.41, 5.74) is 2.97. The second-order valence-electron chi connectivity index (χ2n) is 14.2. The zero-order valence-electron chi connectivity index (χ0n) is 28.9. The number of nitrogens with zero attached hydrogens (tertiary/aromatic N) is 2. The fraction of sp³-hybridized carbons (Fsp3) is 0.600. The normalized spacial score (nSPS) is 17.1. The van der Waals surface area contributed by atoms with Crippen molar-refractivity contribution < 1.29 is 13.9 Å². The van der Waals surface area contributed by atoms with Crippen molar-refractivity contribution in [2.45, 2.75) is 136 Å². The lowest BCUT2D eigenvalue weighted by molar-refractivity contribution is 0.0395. The number of benzene rings is 2. The van der Waals surface area contributed by atoms with Gasteiger partial charge in [-0.25, -0.2) is 9.97 Å². The Hall–Kier alpha value is -2.86. The van der Waals surface area contributed by atoms with E-state index in [1.165, 1.54) is 95.9 Å². The predicted molar refractivity (Wildman–Crippen MR) is 193 cm³/mol. The Kier molecular flexibility index (Phi) is 13.8. The lowest BCUT2D eigenvalue weighted by Crippen LogP contribution is -2.17. The Bertz CT molecular complexity index is 1310. The Morgan fingerprint density at radius 2 is 1.48 bits per heavy atom. The van der Waals surface area contributed by atoms with Gasteiger partial charge in [0.1, 0.15) is 5.75 Å². The van der Waals surface area contributed by atoms with Crippen molar-refractivity contribution >= 4 is 9.76 Å². The van der Waals surface area contributed by atoms with E-state index in [2.05, 4.69) is 45.0 Å². The van der Waals surface area contributed by atoms with Crippen LogP contribution in [-0.2, 0) is 0 Å². The summed E-state index contributed by atoms with van der Waals surface area (Å²) in [6, 6.07) is 15.5. The van der Waals surface area contributed by atoms with Crippen LogP contribution in [0.4, 0.5) is 0 Å². The van der Waals surface area contributed by atoms with Crippen molar-refractivity contribution in [2.24, 2.45) is 17.8 Å². The molecule has 0 amide bonds. The monoisotopic (exact) mass is 642 g/mol. The van der Waals surface area contributed by atoms with E-state index in [0.29, 0.717) is 5.82 Å². The molecule has 1 fully saturated rings. The number of hydrogen-bond donors (Lipinski definition) is 0. The number of rotatable bonds is 22. The molecule has 0 radical (unpaired) electrons. The minimum Gasteiger partial charge on any atom is -0.549 e. The van der Waals surface area contributed by atoms with E-state index in [1.54, 1.807) is 0 Å². The molecule has 0 N–H and O–H groups in total. The van der Waals surface area contributed by atoms with E-state index >= 15 is 0 Å². The summed E-state index contributed by atoms with van der Waals surface area (Å²) in [5.74, 6) is 5.92. The van der Waals surface area contributed by atoms with Gasteiger partial charge in [-0.1, -0.05) is 122 Å². The van der Waals surface area contributed by atoms with Gasteiger partial charge in [0.15, 0.2) is 17.3 Å². The Morgan fingerprint density at radius 3 is 2.24 bits per heavy atom. The fourth-order valence-corrected chi connectivity index (χ4v) is 8.31. The van der Waals surface area contributed by atoms with Crippen molar-refractivity contribution in [3.8, 4) is 39.8 Å². The van der Waals surface area contributed by atoms with E-state index in [1.807, 2.05) is 30.6 Å². The molecule has 5 nitrogen and oxygen atoms in total. The van der Waals surface area contributed by atoms with Gasteiger partial charge in [0.2, 0.25) is 16.1 Å². The van der Waals surface area contributed by atoms with Gasteiger partial charge in [-0.15, -0.1) is 0 Å². The van der Waals surface area contributed by atoms with Gasteiger partial charge in [0.05, 0.1) is 0 Å². The van der Waals surface area contributed by atoms with Gasteiger partial charge in [0.25, 0.3) is 0 Å². The molecule has 0 saturated heterocycles. The highest BCUT2D eigenvalue weighted by Crippen LogP contribution is 2.39. The van der Waals surface area contributed by atoms with Gasteiger partial charge in [-0.05, 0) is 60.9 Å². The standard InChI is InChI=1S/C40H58N2O3Si/c1-4-5-15-30(2)26-31(3)24-25-46-45-36-18-14-13-17-35(36)34-28-41-40(42-29-34)33-22-23-37-38(27-33)44-39(43-37)19-12-10-8-6-7-9-11-16-32-20-21-32/h13-14,17-18,22-23,27-32,39H,4-12,15-16,19-21,24-26,46H2,1-3H3. The van der Waals surface area contributed by atoms with Crippen LogP contribution in [0.2, 0.25) is 6.04 Å². The predicted octanol–water partition coefficient (Wildman–Crippen LogP) is 11.0. The second kappa shape index (κ2) is 18.5. The third kappa shape index (κ3) is 11.1. The van der Waals surface area contributed by atoms with Crippen LogP contribution in [0, 0.1) is 17.8 Å². The molecule has 250 valence electrons. The van der Waals surface area contributed by atoms with E-state index in [4.69, 9.17) is 23.9 Å². The molecule has 0 spiro atoms. The van der Waals surface area contributed by atoms with Crippen molar-refractivity contribution in [3.63, 3.8) is 0 Å². The molecule has 2 aliphatic rings. The Labute approximate surface area is 281 Å². The van der Waals surface area contributed by atoms with Crippen LogP contribution >= 0.6 is 0 Å². The van der Waals surface area contributed by atoms with Crippen LogP contribution in [0.3, 0.4) is 0 Å². The summed E-state index contributed by atoms with van der Waals surface area (Å²) in [6.45, 7) is 7.10. The highest BCUT2D eigenvalue weighted by Gasteiger charge is 2.24. The maximum atomic E-state index is 6.41. The molecule has 1 saturated carbocycles. The molecule has 46 heavy (non-hydrogen) atoms. The Morgan fingerprint density at radius 1 is 0.783 bits per heavy atom. The van der Waals surface area contributed by atoms with E-state index in [-0.39, 0.29) is 6.29 Å². The maximum absolute atomic E-state index is 6.41. The Balaban J connectivity index is 1.04. The molecule has 5 rings (SSSR count). The number of para-hydroxylation sites is 1. The lowest BCUT2D eigenvalue weighted by atomic mass is 9.92. The van der Waals surface area contributed by atoms with E-state index in [9.17, 15) is 0 Å². The molecule has 6 heteroatoms. The summed E-state index contributed by atoms with van der Waals surface area (Å²) in [7, 11) is -0.645. The van der Waals surface area contributed by atoms with Crippen LogP contribution in [0.15, 0.2) is 54.9 Å². The van der Waals surface area contributed by atoms with Crippen LogP contribution < -0.4 is 13.9 Å². The van der Waals surface area contributed by atoms with Crippen LogP contribution in [0.1, 0.15) is 124 Å². The summed E-state index contributed by atoms with van der Waals surface area (Å²) >= 11 is 0. The van der Waals surface area contributed by atoms with Gasteiger partial charge in [-0.3, -0.25) is 0 Å². The minimum absolute atomic E-state index is 0.190. The summed E-state index contributed by atoms with van der Waals surface area (Å²) < 4.78 is 18.7. The number of hydrogen-bond acceptors (Lipinski definition) is 5. The quantitative estimate of drug-likeness (QED) is 0.0806. The van der Waals surface area contributed by atoms with Crippen LogP contribution in [-0.4, -0.2) is 26.0 Å². The topological polar surface area (TPSA) is 53.5 Å². The van der Waals surface area contributed by atoms with Crippen molar-refractivity contribution in [3.05, 3.63) is 54.9 Å². The first-order chi connectivity index (χ1) is 22.6. The molecule has 0 bridgehead atoms. The van der Waals surface area contributed by atoms with Crippen molar-refractivity contribution in [2.75, 3.05) is 0 Å².